The van der Waals surface area contributed by atoms with Crippen LogP contribution in [0.1, 0.15) is 0 Å². The van der Waals surface area contributed by atoms with E-state index >= 15 is 0 Å². The van der Waals surface area contributed by atoms with Gasteiger partial charge >= 0.3 is 0 Å². The van der Waals surface area contributed by atoms with Gasteiger partial charge in [0.25, 0.3) is 0 Å². The monoisotopic (exact) mass is 680 g/mol. The summed E-state index contributed by atoms with van der Waals surface area (Å²) in [7, 11) is -2.04. The van der Waals surface area contributed by atoms with Crippen LogP contribution in [0.2, 0.25) is 0 Å². The number of hydrogen-bond acceptors (Lipinski definition) is 1. The standard InChI is InChI=1S/C44H43OP3/c1-2-33-45-34-44(35-46(38-21-9-3-10-22-38)39-23-11-4-12-24-39,36-47(40-25-13-5-14-26-40)41-27-15-6-16-28-41)37-48(42-29-17-7-18-30-42)43-31-19-8-20-32-43/h2-32H,1,33-37H2. The molecule has 48 heavy (non-hydrogen) atoms. The molecule has 0 saturated carbocycles. The van der Waals surface area contributed by atoms with E-state index in [9.17, 15) is 0 Å². The van der Waals surface area contributed by atoms with Crippen LogP contribution in [-0.2, 0) is 4.74 Å². The SMILES string of the molecule is C=CCOCC(CP(c1ccccc1)c1ccccc1)(CP(c1ccccc1)c1ccccc1)CP(c1ccccc1)c1ccccc1. The quantitative estimate of drug-likeness (QED) is 0.0566. The predicted octanol–water partition coefficient (Wildman–Crippen LogP) is 8.57. The molecule has 0 atom stereocenters. The zero-order valence-corrected chi connectivity index (χ0v) is 30.1. The summed E-state index contributed by atoms with van der Waals surface area (Å²) in [5.41, 5.74) is -0.144. The van der Waals surface area contributed by atoms with E-state index in [1.165, 1.54) is 31.8 Å². The Morgan fingerprint density at radius 2 is 0.625 bits per heavy atom. The van der Waals surface area contributed by atoms with Crippen LogP contribution in [0, 0.1) is 5.41 Å². The largest absolute Gasteiger partial charge is 0.377 e. The fraction of sp³-hybridized carbons (Fsp3) is 0.136. The summed E-state index contributed by atoms with van der Waals surface area (Å²) in [5.74, 6) is 0. The Balaban J connectivity index is 1.55. The highest BCUT2D eigenvalue weighted by molar-refractivity contribution is 7.75. The molecule has 0 spiro atoms. The van der Waals surface area contributed by atoms with Crippen LogP contribution in [0.25, 0.3) is 0 Å². The topological polar surface area (TPSA) is 9.23 Å². The van der Waals surface area contributed by atoms with Gasteiger partial charge in [-0.1, -0.05) is 188 Å². The molecular formula is C44H43OP3. The van der Waals surface area contributed by atoms with Gasteiger partial charge in [0.2, 0.25) is 0 Å². The van der Waals surface area contributed by atoms with Gasteiger partial charge in [0, 0.05) is 5.41 Å². The summed E-state index contributed by atoms with van der Waals surface area (Å²) in [5, 5.41) is 8.50. The molecule has 0 radical (unpaired) electrons. The number of benzene rings is 6. The Morgan fingerprint density at radius 1 is 0.396 bits per heavy atom. The Bertz CT molecular complexity index is 1460. The molecule has 0 aliphatic rings. The first-order valence-corrected chi connectivity index (χ1v) is 21.1. The van der Waals surface area contributed by atoms with Gasteiger partial charge in [-0.05, 0) is 74.1 Å². The second-order valence-electron chi connectivity index (χ2n) is 12.1. The van der Waals surface area contributed by atoms with E-state index in [1.807, 2.05) is 6.08 Å². The highest BCUT2D eigenvalue weighted by Gasteiger charge is 2.40. The second-order valence-corrected chi connectivity index (χ2v) is 18.7. The molecule has 0 aliphatic carbocycles. The van der Waals surface area contributed by atoms with E-state index in [1.54, 1.807) is 0 Å². The molecule has 0 heterocycles. The fourth-order valence-electron chi connectivity index (χ4n) is 6.29. The van der Waals surface area contributed by atoms with E-state index in [4.69, 9.17) is 4.74 Å². The normalized spacial score (nSPS) is 11.6. The van der Waals surface area contributed by atoms with Crippen molar-refractivity contribution in [3.8, 4) is 0 Å². The van der Waals surface area contributed by atoms with Gasteiger partial charge in [0.05, 0.1) is 13.2 Å². The van der Waals surface area contributed by atoms with Crippen molar-refractivity contribution in [3.63, 3.8) is 0 Å². The lowest BCUT2D eigenvalue weighted by Gasteiger charge is -2.42. The molecule has 0 N–H and O–H groups in total. The maximum atomic E-state index is 6.68. The zero-order valence-electron chi connectivity index (χ0n) is 27.4. The first kappa shape index (κ1) is 34.2. The number of hydrogen-bond donors (Lipinski definition) is 0. The van der Waals surface area contributed by atoms with Gasteiger partial charge in [0.1, 0.15) is 0 Å². The average molecular weight is 681 g/mol. The Hall–Kier alpha value is -3.69. The second kappa shape index (κ2) is 17.6. The molecule has 6 aromatic carbocycles. The van der Waals surface area contributed by atoms with Crippen molar-refractivity contribution in [3.05, 3.63) is 195 Å². The molecule has 4 heteroatoms. The molecule has 0 amide bonds. The van der Waals surface area contributed by atoms with E-state index in [2.05, 4.69) is 189 Å². The molecule has 240 valence electrons. The summed E-state index contributed by atoms with van der Waals surface area (Å²) in [6, 6.07) is 67.2. The lowest BCUT2D eigenvalue weighted by Crippen LogP contribution is -2.42. The molecule has 0 aromatic heterocycles. The number of ether oxygens (including phenoxy) is 1. The third kappa shape index (κ3) is 9.05. The lowest BCUT2D eigenvalue weighted by atomic mass is 9.97. The molecular weight excluding hydrogens is 637 g/mol. The van der Waals surface area contributed by atoms with Crippen molar-refractivity contribution >= 4 is 55.6 Å². The van der Waals surface area contributed by atoms with Crippen molar-refractivity contribution in [2.45, 2.75) is 0 Å². The van der Waals surface area contributed by atoms with Crippen LogP contribution in [-0.4, -0.2) is 31.7 Å². The highest BCUT2D eigenvalue weighted by atomic mass is 31.1. The molecule has 6 aromatic rings. The third-order valence-corrected chi connectivity index (χ3v) is 17.0. The maximum Gasteiger partial charge on any atom is 0.0645 e. The van der Waals surface area contributed by atoms with Gasteiger partial charge in [-0.25, -0.2) is 0 Å². The minimum Gasteiger partial charge on any atom is -0.377 e. The average Bonchev–Trinajstić information content (AvgIpc) is 3.17. The first-order chi connectivity index (χ1) is 23.7. The van der Waals surface area contributed by atoms with Crippen LogP contribution in [0.15, 0.2) is 195 Å². The number of rotatable bonds is 16. The predicted molar refractivity (Wildman–Crippen MR) is 215 cm³/mol. The lowest BCUT2D eigenvalue weighted by molar-refractivity contribution is 0.0972. The van der Waals surface area contributed by atoms with Crippen LogP contribution >= 0.6 is 23.8 Å². The third-order valence-electron chi connectivity index (χ3n) is 8.53. The van der Waals surface area contributed by atoms with E-state index < -0.39 is 23.8 Å². The summed E-state index contributed by atoms with van der Waals surface area (Å²) in [6.07, 6.45) is 5.00. The van der Waals surface area contributed by atoms with Gasteiger partial charge in [-0.2, -0.15) is 0 Å². The minimum absolute atomic E-state index is 0.144. The smallest absolute Gasteiger partial charge is 0.0645 e. The van der Waals surface area contributed by atoms with Crippen molar-refractivity contribution in [2.24, 2.45) is 5.41 Å². The van der Waals surface area contributed by atoms with Crippen molar-refractivity contribution in [2.75, 3.05) is 31.7 Å². The molecule has 0 saturated heterocycles. The summed E-state index contributed by atoms with van der Waals surface area (Å²) < 4.78 is 6.68. The van der Waals surface area contributed by atoms with Crippen LogP contribution in [0.3, 0.4) is 0 Å². The van der Waals surface area contributed by atoms with Crippen molar-refractivity contribution in [1.29, 1.82) is 0 Å². The van der Waals surface area contributed by atoms with Gasteiger partial charge < -0.3 is 4.74 Å². The van der Waals surface area contributed by atoms with E-state index in [0.29, 0.717) is 13.2 Å². The van der Waals surface area contributed by atoms with Gasteiger partial charge in [-0.3, -0.25) is 0 Å². The highest BCUT2D eigenvalue weighted by Crippen LogP contribution is 2.52. The van der Waals surface area contributed by atoms with Gasteiger partial charge in [0.15, 0.2) is 0 Å². The van der Waals surface area contributed by atoms with Crippen LogP contribution in [0.5, 0.6) is 0 Å². The summed E-state index contributed by atoms with van der Waals surface area (Å²) in [6.45, 7) is 5.25. The summed E-state index contributed by atoms with van der Waals surface area (Å²) >= 11 is 0. The summed E-state index contributed by atoms with van der Waals surface area (Å²) in [4.78, 5) is 0. The Labute approximate surface area is 291 Å². The van der Waals surface area contributed by atoms with Crippen LogP contribution in [0.4, 0.5) is 0 Å². The Morgan fingerprint density at radius 3 is 0.833 bits per heavy atom. The van der Waals surface area contributed by atoms with Crippen molar-refractivity contribution in [1.82, 2.24) is 0 Å². The molecule has 6 rings (SSSR count). The Kier molecular flexibility index (Phi) is 12.6. The first-order valence-electron chi connectivity index (χ1n) is 16.6. The van der Waals surface area contributed by atoms with Gasteiger partial charge in [-0.15, -0.1) is 6.58 Å². The molecule has 0 bridgehead atoms. The zero-order chi connectivity index (χ0) is 32.9. The van der Waals surface area contributed by atoms with Crippen molar-refractivity contribution < 1.29 is 4.74 Å². The minimum atomic E-state index is -0.682. The molecule has 0 aliphatic heterocycles. The fourth-order valence-corrected chi connectivity index (χ4v) is 15.0. The molecule has 0 fully saturated rings. The maximum absolute atomic E-state index is 6.68. The molecule has 1 nitrogen and oxygen atoms in total. The van der Waals surface area contributed by atoms with Crippen LogP contribution < -0.4 is 31.8 Å². The van der Waals surface area contributed by atoms with E-state index in [-0.39, 0.29) is 5.41 Å². The molecule has 0 unspecified atom stereocenters. The van der Waals surface area contributed by atoms with E-state index in [0.717, 1.165) is 18.5 Å².